The Morgan fingerprint density at radius 3 is 0.938 bits per heavy atom. The monoisotopic (exact) mass is 482 g/mol. The largest absolute Gasteiger partial charge is 0.474 e. The molecule has 0 aliphatic heterocycles. The van der Waals surface area contributed by atoms with Gasteiger partial charge in [0.05, 0.1) is 19.8 Å². The van der Waals surface area contributed by atoms with Gasteiger partial charge in [-0.15, -0.1) is 0 Å². The van der Waals surface area contributed by atoms with Gasteiger partial charge in [0.2, 0.25) is 0 Å². The van der Waals surface area contributed by atoms with Crippen LogP contribution in [0.4, 0.5) is 0 Å². The van der Waals surface area contributed by atoms with E-state index in [9.17, 15) is 4.57 Å². The van der Waals surface area contributed by atoms with Crippen LogP contribution in [0.25, 0.3) is 0 Å². The van der Waals surface area contributed by atoms with Gasteiger partial charge in [-0.1, -0.05) is 40.0 Å². The Morgan fingerprint density at radius 1 is 0.406 bits per heavy atom. The van der Waals surface area contributed by atoms with Crippen LogP contribution in [0.2, 0.25) is 0 Å². The SMILES string of the molecule is CCCCOCCCCOP(=O)(OCCCCOCCCC)OCCCCOCCCC. The van der Waals surface area contributed by atoms with E-state index in [1.165, 1.54) is 0 Å². The van der Waals surface area contributed by atoms with E-state index in [1.54, 1.807) is 0 Å². The summed E-state index contributed by atoms with van der Waals surface area (Å²) in [4.78, 5) is 0. The first-order valence-corrected chi connectivity index (χ1v) is 14.4. The van der Waals surface area contributed by atoms with E-state index in [1.807, 2.05) is 0 Å². The number of hydrogen-bond donors (Lipinski definition) is 0. The molecule has 0 aliphatic rings. The van der Waals surface area contributed by atoms with Crippen LogP contribution >= 0.6 is 7.82 Å². The highest BCUT2D eigenvalue weighted by atomic mass is 31.2. The molecule has 0 rings (SSSR count). The summed E-state index contributed by atoms with van der Waals surface area (Å²) in [7, 11) is -3.54. The lowest BCUT2D eigenvalue weighted by Crippen LogP contribution is -2.06. The molecule has 0 aromatic carbocycles. The molecule has 0 aromatic heterocycles. The summed E-state index contributed by atoms with van der Waals surface area (Å²) in [6, 6.07) is 0. The second kappa shape index (κ2) is 25.6. The zero-order chi connectivity index (χ0) is 23.6. The van der Waals surface area contributed by atoms with Gasteiger partial charge in [-0.05, 0) is 57.8 Å². The Morgan fingerprint density at radius 2 is 0.656 bits per heavy atom. The van der Waals surface area contributed by atoms with Crippen LogP contribution in [-0.4, -0.2) is 59.5 Å². The van der Waals surface area contributed by atoms with Crippen LogP contribution in [0, 0.1) is 0 Å². The molecule has 194 valence electrons. The van der Waals surface area contributed by atoms with Crippen molar-refractivity contribution in [2.75, 3.05) is 59.5 Å². The second-order valence-electron chi connectivity index (χ2n) is 7.97. The van der Waals surface area contributed by atoms with Crippen molar-refractivity contribution in [3.8, 4) is 0 Å². The molecule has 0 bridgehead atoms. The summed E-state index contributed by atoms with van der Waals surface area (Å²) < 4.78 is 46.3. The fourth-order valence-electron chi connectivity index (χ4n) is 2.60. The molecule has 0 aromatic rings. The maximum atomic E-state index is 13.0. The number of hydrogen-bond acceptors (Lipinski definition) is 7. The topological polar surface area (TPSA) is 72.5 Å². The summed E-state index contributed by atoms with van der Waals surface area (Å²) >= 11 is 0. The van der Waals surface area contributed by atoms with Crippen molar-refractivity contribution in [2.45, 2.75) is 97.8 Å². The van der Waals surface area contributed by atoms with Gasteiger partial charge in [0.1, 0.15) is 0 Å². The average molecular weight is 483 g/mol. The van der Waals surface area contributed by atoms with Gasteiger partial charge in [-0.25, -0.2) is 4.57 Å². The van der Waals surface area contributed by atoms with E-state index in [0.717, 1.165) is 96.9 Å². The van der Waals surface area contributed by atoms with E-state index in [4.69, 9.17) is 27.8 Å². The van der Waals surface area contributed by atoms with Crippen molar-refractivity contribution in [3.63, 3.8) is 0 Å². The number of rotatable bonds is 27. The van der Waals surface area contributed by atoms with Crippen molar-refractivity contribution >= 4 is 7.82 Å². The Bertz CT molecular complexity index is 353. The summed E-state index contributed by atoms with van der Waals surface area (Å²) in [6.07, 6.45) is 11.6. The molecule has 0 saturated carbocycles. The lowest BCUT2D eigenvalue weighted by molar-refractivity contribution is 0.0888. The zero-order valence-corrected chi connectivity index (χ0v) is 22.0. The van der Waals surface area contributed by atoms with Crippen molar-refractivity contribution in [1.29, 1.82) is 0 Å². The lowest BCUT2D eigenvalue weighted by atomic mass is 10.3. The minimum Gasteiger partial charge on any atom is -0.381 e. The molecule has 0 atom stereocenters. The van der Waals surface area contributed by atoms with E-state index in [-0.39, 0.29) is 0 Å². The lowest BCUT2D eigenvalue weighted by Gasteiger charge is -2.18. The Labute approximate surface area is 197 Å². The van der Waals surface area contributed by atoms with Gasteiger partial charge < -0.3 is 14.2 Å². The van der Waals surface area contributed by atoms with Crippen LogP contribution in [0.5, 0.6) is 0 Å². The molecule has 0 unspecified atom stereocenters. The van der Waals surface area contributed by atoms with Gasteiger partial charge in [-0.3, -0.25) is 13.6 Å². The van der Waals surface area contributed by atoms with Gasteiger partial charge in [-0.2, -0.15) is 0 Å². The molecule has 0 radical (unpaired) electrons. The van der Waals surface area contributed by atoms with Crippen LogP contribution in [0.15, 0.2) is 0 Å². The van der Waals surface area contributed by atoms with E-state index >= 15 is 0 Å². The molecule has 7 nitrogen and oxygen atoms in total. The molecular formula is C24H51O7P. The fourth-order valence-corrected chi connectivity index (χ4v) is 3.89. The molecule has 0 spiro atoms. The summed E-state index contributed by atoms with van der Waals surface area (Å²) in [5, 5.41) is 0. The Kier molecular flexibility index (Phi) is 25.6. The predicted octanol–water partition coefficient (Wildman–Crippen LogP) is 6.94. The molecule has 0 N–H and O–H groups in total. The highest BCUT2D eigenvalue weighted by molar-refractivity contribution is 7.48. The smallest absolute Gasteiger partial charge is 0.381 e. The highest BCUT2D eigenvalue weighted by Crippen LogP contribution is 2.49. The normalized spacial score (nSPS) is 12.0. The maximum Gasteiger partial charge on any atom is 0.474 e. The van der Waals surface area contributed by atoms with Crippen LogP contribution < -0.4 is 0 Å². The maximum absolute atomic E-state index is 13.0. The van der Waals surface area contributed by atoms with Crippen LogP contribution in [0.3, 0.4) is 0 Å². The van der Waals surface area contributed by atoms with Crippen LogP contribution in [-0.2, 0) is 32.3 Å². The molecule has 0 amide bonds. The van der Waals surface area contributed by atoms with E-state index in [2.05, 4.69) is 20.8 Å². The number of phosphoric ester groups is 1. The first-order chi connectivity index (χ1) is 15.7. The molecule has 8 heteroatoms. The zero-order valence-electron chi connectivity index (χ0n) is 21.2. The van der Waals surface area contributed by atoms with Crippen molar-refractivity contribution in [1.82, 2.24) is 0 Å². The quantitative estimate of drug-likeness (QED) is 0.0928. The standard InChI is InChI=1S/C24H51O7P/c1-4-7-16-26-19-10-13-22-29-32(25,30-23-14-11-20-27-17-8-5-2)31-24-15-12-21-28-18-9-6-3/h4-24H2,1-3H3. The molecule has 0 fully saturated rings. The summed E-state index contributed by atoms with van der Waals surface area (Å²) in [5.74, 6) is 0. The predicted molar refractivity (Wildman–Crippen MR) is 130 cm³/mol. The Hall–Kier alpha value is -0.0100. The first-order valence-electron chi connectivity index (χ1n) is 12.9. The molecular weight excluding hydrogens is 431 g/mol. The molecule has 0 heterocycles. The van der Waals surface area contributed by atoms with Gasteiger partial charge in [0, 0.05) is 39.6 Å². The second-order valence-corrected chi connectivity index (χ2v) is 9.64. The van der Waals surface area contributed by atoms with Crippen molar-refractivity contribution < 1.29 is 32.3 Å². The minimum absolute atomic E-state index is 0.342. The summed E-state index contributed by atoms with van der Waals surface area (Å²) in [5.41, 5.74) is 0. The number of ether oxygens (including phenoxy) is 3. The molecule has 0 aliphatic carbocycles. The molecule has 0 saturated heterocycles. The number of phosphoric acid groups is 1. The third kappa shape index (κ3) is 23.2. The van der Waals surface area contributed by atoms with Crippen LogP contribution in [0.1, 0.15) is 97.8 Å². The molecule has 32 heavy (non-hydrogen) atoms. The Balaban J connectivity index is 4.06. The highest BCUT2D eigenvalue weighted by Gasteiger charge is 2.26. The number of unbranched alkanes of at least 4 members (excludes halogenated alkanes) is 6. The van der Waals surface area contributed by atoms with Crippen molar-refractivity contribution in [3.05, 3.63) is 0 Å². The van der Waals surface area contributed by atoms with Gasteiger partial charge >= 0.3 is 7.82 Å². The first kappa shape index (κ1) is 32.0. The van der Waals surface area contributed by atoms with Crippen molar-refractivity contribution in [2.24, 2.45) is 0 Å². The third-order valence-electron chi connectivity index (χ3n) is 4.72. The average Bonchev–Trinajstić information content (AvgIpc) is 2.79. The fraction of sp³-hybridized carbons (Fsp3) is 1.00. The minimum atomic E-state index is -3.54. The van der Waals surface area contributed by atoms with E-state index in [0.29, 0.717) is 39.6 Å². The van der Waals surface area contributed by atoms with Gasteiger partial charge in [0.15, 0.2) is 0 Å². The summed E-state index contributed by atoms with van der Waals surface area (Å²) in [6.45, 7) is 12.0. The van der Waals surface area contributed by atoms with Gasteiger partial charge in [0.25, 0.3) is 0 Å². The third-order valence-corrected chi connectivity index (χ3v) is 6.22. The van der Waals surface area contributed by atoms with E-state index < -0.39 is 7.82 Å².